The van der Waals surface area contributed by atoms with Crippen LogP contribution in [-0.4, -0.2) is 24.5 Å². The molecule has 1 aromatic rings. The first-order valence-corrected chi connectivity index (χ1v) is 4.73. The van der Waals surface area contributed by atoms with Crippen LogP contribution in [0, 0.1) is 18.1 Å². The summed E-state index contributed by atoms with van der Waals surface area (Å²) in [6.07, 6.45) is 2.82. The van der Waals surface area contributed by atoms with Gasteiger partial charge in [0, 0.05) is 25.7 Å². The number of likely N-dealkylation sites (tertiary alicyclic amines) is 1. The van der Waals surface area contributed by atoms with E-state index in [0.717, 1.165) is 25.7 Å². The minimum atomic E-state index is -0.511. The molecule has 1 fully saturated rings. The summed E-state index contributed by atoms with van der Waals surface area (Å²) in [7, 11) is 0. The second kappa shape index (κ2) is 4.05. The molecule has 2 rings (SSSR count). The zero-order valence-corrected chi connectivity index (χ0v) is 7.84. The van der Waals surface area contributed by atoms with Crippen molar-refractivity contribution in [1.82, 2.24) is 4.90 Å². The zero-order chi connectivity index (χ0) is 9.97. The Bertz CT molecular complexity index is 321. The molecule has 0 atom stereocenters. The van der Waals surface area contributed by atoms with Gasteiger partial charge in [0.05, 0.1) is 0 Å². The van der Waals surface area contributed by atoms with Gasteiger partial charge >= 0.3 is 0 Å². The molecule has 1 aromatic carbocycles. The van der Waals surface area contributed by atoms with Crippen molar-refractivity contribution in [1.29, 1.82) is 0 Å². The first kappa shape index (κ1) is 9.59. The Hall–Kier alpha value is -0.960. The van der Waals surface area contributed by atoms with E-state index in [4.69, 9.17) is 0 Å². The van der Waals surface area contributed by atoms with Crippen molar-refractivity contribution in [3.8, 4) is 0 Å². The Kier molecular flexibility index (Phi) is 2.77. The Morgan fingerprint density at radius 2 is 2.00 bits per heavy atom. The first-order valence-electron chi connectivity index (χ1n) is 4.73. The van der Waals surface area contributed by atoms with Crippen LogP contribution in [0.3, 0.4) is 0 Å². The van der Waals surface area contributed by atoms with Crippen LogP contribution in [0.2, 0.25) is 0 Å². The smallest absolute Gasteiger partial charge is 0.129 e. The molecule has 0 bridgehead atoms. The lowest BCUT2D eigenvalue weighted by molar-refractivity contribution is 0.246. The van der Waals surface area contributed by atoms with Gasteiger partial charge in [0.15, 0.2) is 0 Å². The quantitative estimate of drug-likeness (QED) is 0.715. The van der Waals surface area contributed by atoms with E-state index in [1.54, 1.807) is 0 Å². The summed E-state index contributed by atoms with van der Waals surface area (Å²) in [6, 6.07) is 3.77. The second-order valence-electron chi connectivity index (χ2n) is 3.53. The Balaban J connectivity index is 1.94. The van der Waals surface area contributed by atoms with Crippen LogP contribution in [0.5, 0.6) is 0 Å². The van der Waals surface area contributed by atoms with Crippen LogP contribution in [-0.2, 0) is 6.42 Å². The highest BCUT2D eigenvalue weighted by atomic mass is 19.1. The Morgan fingerprint density at radius 1 is 1.21 bits per heavy atom. The molecule has 1 aliphatic rings. The lowest BCUT2D eigenvalue weighted by Gasteiger charge is -2.30. The summed E-state index contributed by atoms with van der Waals surface area (Å²) in [5, 5.41) is 0. The summed E-state index contributed by atoms with van der Waals surface area (Å²) in [5.41, 5.74) is 0.596. The van der Waals surface area contributed by atoms with Gasteiger partial charge < -0.3 is 4.90 Å². The van der Waals surface area contributed by atoms with Gasteiger partial charge in [-0.05, 0) is 24.5 Å². The largest absolute Gasteiger partial charge is 0.302 e. The lowest BCUT2D eigenvalue weighted by Crippen LogP contribution is -2.39. The molecule has 1 heterocycles. The van der Waals surface area contributed by atoms with E-state index in [1.807, 2.05) is 0 Å². The van der Waals surface area contributed by atoms with Crippen molar-refractivity contribution in [2.75, 3.05) is 19.6 Å². The average Bonchev–Trinajstić information content (AvgIpc) is 2.05. The van der Waals surface area contributed by atoms with E-state index in [-0.39, 0.29) is 0 Å². The van der Waals surface area contributed by atoms with Crippen LogP contribution in [0.4, 0.5) is 8.78 Å². The van der Waals surface area contributed by atoms with E-state index in [1.165, 1.54) is 12.1 Å². The minimum absolute atomic E-state index is 0.436. The number of nitrogens with zero attached hydrogens (tertiary/aromatic N) is 1. The number of hydrogen-bond donors (Lipinski definition) is 0. The van der Waals surface area contributed by atoms with Crippen LogP contribution < -0.4 is 0 Å². The third kappa shape index (κ3) is 2.10. The van der Waals surface area contributed by atoms with Gasteiger partial charge in [0.1, 0.15) is 11.6 Å². The molecule has 1 saturated heterocycles. The molecule has 1 aliphatic heterocycles. The fourth-order valence-corrected chi connectivity index (χ4v) is 1.50. The number of hydrogen-bond acceptors (Lipinski definition) is 1. The van der Waals surface area contributed by atoms with Gasteiger partial charge in [-0.3, -0.25) is 0 Å². The third-order valence-electron chi connectivity index (χ3n) is 2.49. The molecule has 0 saturated carbocycles. The van der Waals surface area contributed by atoms with E-state index in [2.05, 4.69) is 11.3 Å². The van der Waals surface area contributed by atoms with Gasteiger partial charge in [-0.2, -0.15) is 0 Å². The van der Waals surface area contributed by atoms with Crippen molar-refractivity contribution in [2.24, 2.45) is 0 Å². The minimum Gasteiger partial charge on any atom is -0.302 e. The molecule has 1 nitrogen and oxygen atoms in total. The van der Waals surface area contributed by atoms with E-state index in [0.29, 0.717) is 12.0 Å². The van der Waals surface area contributed by atoms with Crippen LogP contribution in [0.25, 0.3) is 0 Å². The average molecular weight is 196 g/mol. The summed E-state index contributed by atoms with van der Waals surface area (Å²) < 4.78 is 25.7. The highest BCUT2D eigenvalue weighted by Crippen LogP contribution is 2.12. The number of rotatable bonds is 3. The number of halogens is 2. The summed E-state index contributed by atoms with van der Waals surface area (Å²) in [5.74, 6) is -0.946. The summed E-state index contributed by atoms with van der Waals surface area (Å²) in [6.45, 7) is 2.82. The molecule has 75 valence electrons. The first-order chi connectivity index (χ1) is 6.75. The normalized spacial score (nSPS) is 16.7. The molecule has 3 heteroatoms. The lowest BCUT2D eigenvalue weighted by atomic mass is 10.1. The van der Waals surface area contributed by atoms with Crippen molar-refractivity contribution >= 4 is 0 Å². The molecule has 0 unspecified atom stereocenters. The monoisotopic (exact) mass is 196 g/mol. The Morgan fingerprint density at radius 3 is 2.57 bits per heavy atom. The topological polar surface area (TPSA) is 3.24 Å². The van der Waals surface area contributed by atoms with Crippen molar-refractivity contribution in [2.45, 2.75) is 6.42 Å². The van der Waals surface area contributed by atoms with Crippen LogP contribution in [0.15, 0.2) is 18.2 Å². The molecule has 0 aromatic heterocycles. The maximum absolute atomic E-state index is 13.2. The highest BCUT2D eigenvalue weighted by molar-refractivity contribution is 5.19. The third-order valence-corrected chi connectivity index (χ3v) is 2.49. The van der Waals surface area contributed by atoms with E-state index in [9.17, 15) is 8.78 Å². The predicted octanol–water partition coefficient (Wildman–Crippen LogP) is 2.03. The SMILES string of the molecule is Fc1ccc(CCN2C[CH]C2)c(F)c1. The fraction of sp³-hybridized carbons (Fsp3) is 0.364. The molecular formula is C11H12F2N. The summed E-state index contributed by atoms with van der Waals surface area (Å²) in [4.78, 5) is 2.21. The van der Waals surface area contributed by atoms with E-state index >= 15 is 0 Å². The molecule has 1 radical (unpaired) electrons. The number of benzene rings is 1. The molecule has 0 amide bonds. The van der Waals surface area contributed by atoms with Gasteiger partial charge in [-0.25, -0.2) is 8.78 Å². The predicted molar refractivity (Wildman–Crippen MR) is 50.8 cm³/mol. The summed E-state index contributed by atoms with van der Waals surface area (Å²) >= 11 is 0. The van der Waals surface area contributed by atoms with Crippen molar-refractivity contribution in [3.05, 3.63) is 41.8 Å². The Labute approximate surface area is 82.3 Å². The molecule has 14 heavy (non-hydrogen) atoms. The molecular weight excluding hydrogens is 184 g/mol. The van der Waals surface area contributed by atoms with Crippen molar-refractivity contribution in [3.63, 3.8) is 0 Å². The van der Waals surface area contributed by atoms with E-state index < -0.39 is 11.6 Å². The van der Waals surface area contributed by atoms with Gasteiger partial charge in [0.2, 0.25) is 0 Å². The van der Waals surface area contributed by atoms with Gasteiger partial charge in [-0.1, -0.05) is 6.07 Å². The van der Waals surface area contributed by atoms with Gasteiger partial charge in [-0.15, -0.1) is 0 Å². The van der Waals surface area contributed by atoms with Crippen LogP contribution >= 0.6 is 0 Å². The standard InChI is InChI=1S/C11H12F2N/c12-10-3-2-9(11(13)8-10)4-7-14-5-1-6-14/h1-3,8H,4-7H2. The maximum Gasteiger partial charge on any atom is 0.129 e. The molecule has 0 N–H and O–H groups in total. The highest BCUT2D eigenvalue weighted by Gasteiger charge is 2.14. The molecule has 0 spiro atoms. The zero-order valence-electron chi connectivity index (χ0n) is 7.84. The van der Waals surface area contributed by atoms with Gasteiger partial charge in [0.25, 0.3) is 0 Å². The fourth-order valence-electron chi connectivity index (χ4n) is 1.50. The molecule has 0 aliphatic carbocycles. The second-order valence-corrected chi connectivity index (χ2v) is 3.53. The van der Waals surface area contributed by atoms with Crippen LogP contribution in [0.1, 0.15) is 5.56 Å². The van der Waals surface area contributed by atoms with Crippen molar-refractivity contribution < 1.29 is 8.78 Å². The maximum atomic E-state index is 13.2.